The number of thiocarbonyl (C=S) groups is 1. The first-order valence-corrected chi connectivity index (χ1v) is 7.30. The van der Waals surface area contributed by atoms with Gasteiger partial charge in [-0.25, -0.2) is 13.1 Å². The summed E-state index contributed by atoms with van der Waals surface area (Å²) in [5, 5.41) is 0. The molecule has 4 nitrogen and oxygen atoms in total. The Morgan fingerprint density at radius 2 is 1.88 bits per heavy atom. The van der Waals surface area contributed by atoms with Crippen LogP contribution >= 0.6 is 12.2 Å². The summed E-state index contributed by atoms with van der Waals surface area (Å²) in [6, 6.07) is 6.38. The van der Waals surface area contributed by atoms with E-state index in [1.165, 1.54) is 12.1 Å². The zero-order valence-corrected chi connectivity index (χ0v) is 10.9. The van der Waals surface area contributed by atoms with Crippen molar-refractivity contribution >= 4 is 27.2 Å². The van der Waals surface area contributed by atoms with E-state index in [9.17, 15) is 8.42 Å². The molecule has 0 atom stereocenters. The van der Waals surface area contributed by atoms with Gasteiger partial charge in [0.1, 0.15) is 4.99 Å². The molecule has 3 N–H and O–H groups in total. The number of hydrogen-bond donors (Lipinski definition) is 2. The average molecular weight is 270 g/mol. The normalized spacial score (nSPS) is 16.5. The van der Waals surface area contributed by atoms with Crippen molar-refractivity contribution in [2.45, 2.75) is 30.2 Å². The maximum absolute atomic E-state index is 11.9. The predicted octanol–water partition coefficient (Wildman–Crippen LogP) is 1.15. The van der Waals surface area contributed by atoms with Gasteiger partial charge in [0, 0.05) is 11.6 Å². The SMILES string of the molecule is NC(=S)c1ccc(S(=O)(=O)NC2CCC2)cc1. The average Bonchev–Trinajstić information content (AvgIpc) is 2.24. The van der Waals surface area contributed by atoms with Crippen LogP contribution in [0.1, 0.15) is 24.8 Å². The van der Waals surface area contributed by atoms with Crippen LogP contribution in [0.5, 0.6) is 0 Å². The zero-order chi connectivity index (χ0) is 12.5. The van der Waals surface area contributed by atoms with E-state index < -0.39 is 10.0 Å². The van der Waals surface area contributed by atoms with E-state index in [2.05, 4.69) is 4.72 Å². The molecule has 1 fully saturated rings. The van der Waals surface area contributed by atoms with E-state index in [1.807, 2.05) is 0 Å². The lowest BCUT2D eigenvalue weighted by molar-refractivity contribution is 0.383. The first kappa shape index (κ1) is 12.5. The van der Waals surface area contributed by atoms with Gasteiger partial charge >= 0.3 is 0 Å². The highest BCUT2D eigenvalue weighted by Crippen LogP contribution is 2.21. The fraction of sp³-hybridized carbons (Fsp3) is 0.364. The zero-order valence-electron chi connectivity index (χ0n) is 9.22. The molecule has 0 amide bonds. The van der Waals surface area contributed by atoms with Crippen LogP contribution in [0.25, 0.3) is 0 Å². The number of hydrogen-bond acceptors (Lipinski definition) is 3. The molecule has 1 saturated carbocycles. The molecule has 0 radical (unpaired) electrons. The fourth-order valence-electron chi connectivity index (χ4n) is 1.61. The molecule has 2 rings (SSSR count). The Bertz CT molecular complexity index is 519. The lowest BCUT2D eigenvalue weighted by Gasteiger charge is -2.26. The van der Waals surface area contributed by atoms with Crippen molar-refractivity contribution in [3.05, 3.63) is 29.8 Å². The lowest BCUT2D eigenvalue weighted by Crippen LogP contribution is -2.39. The summed E-state index contributed by atoms with van der Waals surface area (Å²) in [5.41, 5.74) is 6.12. The number of benzene rings is 1. The molecule has 0 spiro atoms. The number of rotatable bonds is 4. The van der Waals surface area contributed by atoms with Crippen LogP contribution in [0.15, 0.2) is 29.2 Å². The van der Waals surface area contributed by atoms with Crippen LogP contribution < -0.4 is 10.5 Å². The Hall–Kier alpha value is -0.980. The maximum atomic E-state index is 11.9. The van der Waals surface area contributed by atoms with Crippen LogP contribution in [0.3, 0.4) is 0 Å². The lowest BCUT2D eigenvalue weighted by atomic mass is 9.94. The summed E-state index contributed by atoms with van der Waals surface area (Å²) < 4.78 is 26.5. The van der Waals surface area contributed by atoms with Gasteiger partial charge in [0.25, 0.3) is 0 Å². The van der Waals surface area contributed by atoms with Crippen LogP contribution in [0.4, 0.5) is 0 Å². The van der Waals surface area contributed by atoms with E-state index in [-0.39, 0.29) is 15.9 Å². The summed E-state index contributed by atoms with van der Waals surface area (Å²) in [6.45, 7) is 0. The van der Waals surface area contributed by atoms with Crippen molar-refractivity contribution in [2.24, 2.45) is 5.73 Å². The summed E-state index contributed by atoms with van der Waals surface area (Å²) in [6.07, 6.45) is 2.93. The molecule has 1 aromatic carbocycles. The highest BCUT2D eigenvalue weighted by Gasteiger charge is 2.24. The van der Waals surface area contributed by atoms with Gasteiger partial charge in [-0.05, 0) is 25.0 Å². The van der Waals surface area contributed by atoms with E-state index in [0.717, 1.165) is 19.3 Å². The van der Waals surface area contributed by atoms with Crippen molar-refractivity contribution < 1.29 is 8.42 Å². The third-order valence-electron chi connectivity index (χ3n) is 2.88. The largest absolute Gasteiger partial charge is 0.389 e. The third kappa shape index (κ3) is 2.83. The predicted molar refractivity (Wildman–Crippen MR) is 70.3 cm³/mol. The summed E-state index contributed by atoms with van der Waals surface area (Å²) in [7, 11) is -3.40. The highest BCUT2D eigenvalue weighted by atomic mass is 32.2. The Balaban J connectivity index is 2.17. The van der Waals surface area contributed by atoms with Gasteiger partial charge in [0.2, 0.25) is 10.0 Å². The molecule has 0 aliphatic heterocycles. The maximum Gasteiger partial charge on any atom is 0.240 e. The Labute approximate surface area is 106 Å². The molecule has 1 aliphatic rings. The van der Waals surface area contributed by atoms with Gasteiger partial charge < -0.3 is 5.73 Å². The first-order chi connectivity index (χ1) is 7.99. The smallest absolute Gasteiger partial charge is 0.240 e. The molecule has 6 heteroatoms. The highest BCUT2D eigenvalue weighted by molar-refractivity contribution is 7.89. The minimum absolute atomic E-state index is 0.0928. The van der Waals surface area contributed by atoms with Crippen molar-refractivity contribution in [1.29, 1.82) is 0 Å². The van der Waals surface area contributed by atoms with Gasteiger partial charge in [0.05, 0.1) is 4.90 Å². The second-order valence-corrected chi connectivity index (χ2v) is 6.29. The Kier molecular flexibility index (Phi) is 3.46. The second-order valence-electron chi connectivity index (χ2n) is 4.14. The molecule has 0 heterocycles. The summed E-state index contributed by atoms with van der Waals surface area (Å²) in [4.78, 5) is 0.519. The van der Waals surface area contributed by atoms with Crippen molar-refractivity contribution in [3.63, 3.8) is 0 Å². The van der Waals surface area contributed by atoms with Crippen molar-refractivity contribution in [2.75, 3.05) is 0 Å². The van der Waals surface area contributed by atoms with Crippen molar-refractivity contribution in [1.82, 2.24) is 4.72 Å². The van der Waals surface area contributed by atoms with Gasteiger partial charge in [-0.2, -0.15) is 0 Å². The minimum Gasteiger partial charge on any atom is -0.389 e. The van der Waals surface area contributed by atoms with Gasteiger partial charge in [-0.1, -0.05) is 30.8 Å². The Morgan fingerprint density at radius 1 is 1.29 bits per heavy atom. The molecule has 92 valence electrons. The molecule has 0 unspecified atom stereocenters. The molecule has 0 bridgehead atoms. The van der Waals surface area contributed by atoms with Crippen LogP contribution in [-0.4, -0.2) is 19.4 Å². The number of nitrogens with one attached hydrogen (secondary N) is 1. The monoisotopic (exact) mass is 270 g/mol. The second kappa shape index (κ2) is 4.72. The van der Waals surface area contributed by atoms with E-state index in [0.29, 0.717) is 5.56 Å². The molecule has 1 aromatic rings. The summed E-state index contributed by atoms with van der Waals surface area (Å²) in [5.74, 6) is 0. The van der Waals surface area contributed by atoms with Gasteiger partial charge in [-0.15, -0.1) is 0 Å². The van der Waals surface area contributed by atoms with Crippen LogP contribution in [0, 0.1) is 0 Å². The van der Waals surface area contributed by atoms with E-state index >= 15 is 0 Å². The standard InChI is InChI=1S/C11H14N2O2S2/c12-11(16)8-4-6-10(7-5-8)17(14,15)13-9-2-1-3-9/h4-7,9,13H,1-3H2,(H2,12,16). The number of sulfonamides is 1. The molecule has 0 saturated heterocycles. The number of nitrogens with two attached hydrogens (primary N) is 1. The first-order valence-electron chi connectivity index (χ1n) is 5.41. The third-order valence-corrected chi connectivity index (χ3v) is 4.65. The van der Waals surface area contributed by atoms with Crippen molar-refractivity contribution in [3.8, 4) is 0 Å². The Morgan fingerprint density at radius 3 is 2.29 bits per heavy atom. The van der Waals surface area contributed by atoms with Gasteiger partial charge in [0.15, 0.2) is 0 Å². The van der Waals surface area contributed by atoms with Crippen LogP contribution in [-0.2, 0) is 10.0 Å². The molecular weight excluding hydrogens is 256 g/mol. The van der Waals surface area contributed by atoms with Gasteiger partial charge in [-0.3, -0.25) is 0 Å². The topological polar surface area (TPSA) is 72.2 Å². The summed E-state index contributed by atoms with van der Waals surface area (Å²) >= 11 is 4.81. The fourth-order valence-corrected chi connectivity index (χ4v) is 3.05. The van der Waals surface area contributed by atoms with Crippen LogP contribution in [0.2, 0.25) is 0 Å². The minimum atomic E-state index is -3.40. The molecule has 0 aromatic heterocycles. The molecular formula is C11H14N2O2S2. The van der Waals surface area contributed by atoms with E-state index in [4.69, 9.17) is 18.0 Å². The molecule has 1 aliphatic carbocycles. The quantitative estimate of drug-likeness (QED) is 0.805. The molecule has 17 heavy (non-hydrogen) atoms. The van der Waals surface area contributed by atoms with E-state index in [1.54, 1.807) is 12.1 Å².